The van der Waals surface area contributed by atoms with Gasteiger partial charge in [0.25, 0.3) is 0 Å². The fourth-order valence-electron chi connectivity index (χ4n) is 2.33. The van der Waals surface area contributed by atoms with Gasteiger partial charge >= 0.3 is 5.97 Å². The van der Waals surface area contributed by atoms with Crippen molar-refractivity contribution in [2.24, 2.45) is 4.99 Å². The van der Waals surface area contributed by atoms with Gasteiger partial charge in [0.2, 0.25) is 0 Å². The summed E-state index contributed by atoms with van der Waals surface area (Å²) < 4.78 is 10.0. The highest BCUT2D eigenvalue weighted by atomic mass is 127. The zero-order valence-corrected chi connectivity index (χ0v) is 17.5. The Morgan fingerprint density at radius 1 is 1.15 bits per heavy atom. The zero-order valence-electron chi connectivity index (χ0n) is 15.2. The van der Waals surface area contributed by atoms with E-state index in [1.807, 2.05) is 31.2 Å². The third kappa shape index (κ3) is 7.47. The highest BCUT2D eigenvalue weighted by molar-refractivity contribution is 14.0. The molecule has 0 fully saturated rings. The molecule has 0 saturated heterocycles. The molecule has 0 unspecified atom stereocenters. The second kappa shape index (κ2) is 12.3. The number of furan rings is 1. The second-order valence-electron chi connectivity index (χ2n) is 5.46. The molecule has 0 atom stereocenters. The van der Waals surface area contributed by atoms with Gasteiger partial charge in [0, 0.05) is 26.1 Å². The molecule has 0 aliphatic rings. The van der Waals surface area contributed by atoms with Gasteiger partial charge in [0.1, 0.15) is 5.76 Å². The molecule has 2 rings (SSSR count). The van der Waals surface area contributed by atoms with E-state index >= 15 is 0 Å². The third-order valence-electron chi connectivity index (χ3n) is 3.63. The molecule has 6 nitrogen and oxygen atoms in total. The second-order valence-corrected chi connectivity index (χ2v) is 5.46. The van der Waals surface area contributed by atoms with Crippen molar-refractivity contribution in [1.29, 1.82) is 0 Å². The monoisotopic (exact) mass is 471 g/mol. The van der Waals surface area contributed by atoms with Gasteiger partial charge in [-0.3, -0.25) is 4.99 Å². The molecule has 7 heteroatoms. The largest absolute Gasteiger partial charge is 0.469 e. The van der Waals surface area contributed by atoms with Gasteiger partial charge in [-0.2, -0.15) is 0 Å². The summed E-state index contributed by atoms with van der Waals surface area (Å²) in [6, 6.07) is 11.3. The number of hydrogen-bond acceptors (Lipinski definition) is 4. The molecule has 142 valence electrons. The van der Waals surface area contributed by atoms with E-state index in [2.05, 4.69) is 15.6 Å². The van der Waals surface area contributed by atoms with Gasteiger partial charge in [0.15, 0.2) is 5.96 Å². The number of ether oxygens (including phenoxy) is 1. The lowest BCUT2D eigenvalue weighted by atomic mass is 10.1. The van der Waals surface area contributed by atoms with Crippen LogP contribution in [0.5, 0.6) is 0 Å². The quantitative estimate of drug-likeness (QED) is 0.268. The van der Waals surface area contributed by atoms with Gasteiger partial charge in [-0.1, -0.05) is 12.1 Å². The van der Waals surface area contributed by atoms with Gasteiger partial charge in [-0.05, 0) is 43.2 Å². The maximum Gasteiger partial charge on any atom is 0.337 e. The summed E-state index contributed by atoms with van der Waals surface area (Å²) in [5, 5.41) is 6.54. The number of hydrogen-bond donors (Lipinski definition) is 2. The number of aliphatic imine (C=N–C) groups is 1. The van der Waals surface area contributed by atoms with Crippen LogP contribution in [0.15, 0.2) is 52.1 Å². The summed E-state index contributed by atoms with van der Waals surface area (Å²) in [4.78, 5) is 16.0. The molecular formula is C19H26IN3O3. The van der Waals surface area contributed by atoms with Crippen LogP contribution in [0.4, 0.5) is 0 Å². The summed E-state index contributed by atoms with van der Waals surface area (Å²) in [5.74, 6) is 1.41. The molecule has 0 saturated carbocycles. The smallest absolute Gasteiger partial charge is 0.337 e. The molecule has 1 aromatic carbocycles. The van der Waals surface area contributed by atoms with E-state index in [0.29, 0.717) is 12.1 Å². The summed E-state index contributed by atoms with van der Waals surface area (Å²) in [6.45, 7) is 4.26. The van der Waals surface area contributed by atoms with Crippen LogP contribution in [0.3, 0.4) is 0 Å². The van der Waals surface area contributed by atoms with Crippen molar-refractivity contribution in [3.05, 3.63) is 59.5 Å². The van der Waals surface area contributed by atoms with E-state index < -0.39 is 0 Å². The fourth-order valence-corrected chi connectivity index (χ4v) is 2.33. The Kier molecular flexibility index (Phi) is 10.5. The number of guanidine groups is 1. The molecule has 0 amide bonds. The van der Waals surface area contributed by atoms with Crippen molar-refractivity contribution in [2.45, 2.75) is 19.8 Å². The molecule has 0 bridgehead atoms. The van der Waals surface area contributed by atoms with Crippen molar-refractivity contribution in [3.63, 3.8) is 0 Å². The predicted octanol–water partition coefficient (Wildman–Crippen LogP) is 3.02. The van der Waals surface area contributed by atoms with Crippen molar-refractivity contribution < 1.29 is 13.9 Å². The number of carbonyl (C=O) groups is 1. The first kappa shape index (κ1) is 22.0. The summed E-state index contributed by atoms with van der Waals surface area (Å²) >= 11 is 0. The van der Waals surface area contributed by atoms with Crippen LogP contribution in [0.25, 0.3) is 0 Å². The Balaban J connectivity index is 0.00000338. The Bertz CT molecular complexity index is 670. The number of halogens is 1. The first-order valence-electron chi connectivity index (χ1n) is 8.44. The number of methoxy groups -OCH3 is 1. The molecule has 0 radical (unpaired) electrons. The van der Waals surface area contributed by atoms with Crippen molar-refractivity contribution in [3.8, 4) is 0 Å². The lowest BCUT2D eigenvalue weighted by molar-refractivity contribution is 0.0600. The van der Waals surface area contributed by atoms with E-state index in [1.54, 1.807) is 18.4 Å². The normalized spacial score (nSPS) is 10.8. The average molecular weight is 471 g/mol. The lowest BCUT2D eigenvalue weighted by Crippen LogP contribution is -2.38. The van der Waals surface area contributed by atoms with E-state index in [0.717, 1.165) is 43.2 Å². The minimum atomic E-state index is -0.317. The standard InChI is InChI=1S/C19H25N3O3.HI/c1-3-20-19(22-13-11-17-5-4-14-25-17)21-12-10-15-6-8-16(9-7-15)18(23)24-2;/h4-9,14H,3,10-13H2,1-2H3,(H2,20,21,22);1H. The van der Waals surface area contributed by atoms with Crippen LogP contribution < -0.4 is 10.6 Å². The Morgan fingerprint density at radius 3 is 2.54 bits per heavy atom. The maximum absolute atomic E-state index is 11.4. The van der Waals surface area contributed by atoms with Crippen LogP contribution in [0.1, 0.15) is 28.6 Å². The van der Waals surface area contributed by atoms with Gasteiger partial charge in [0.05, 0.1) is 18.9 Å². The SMILES string of the molecule is CCNC(=NCCc1ccco1)NCCc1ccc(C(=O)OC)cc1.I. The molecular weight excluding hydrogens is 445 g/mol. The third-order valence-corrected chi connectivity index (χ3v) is 3.63. The molecule has 0 aliphatic carbocycles. The Labute approximate surface area is 171 Å². The van der Waals surface area contributed by atoms with E-state index in [1.165, 1.54) is 7.11 Å². The topological polar surface area (TPSA) is 75.9 Å². The molecule has 1 heterocycles. The first-order chi connectivity index (χ1) is 12.2. The van der Waals surface area contributed by atoms with Gasteiger partial charge in [-0.25, -0.2) is 4.79 Å². The zero-order chi connectivity index (χ0) is 17.9. The number of benzene rings is 1. The average Bonchev–Trinajstić information content (AvgIpc) is 3.15. The summed E-state index contributed by atoms with van der Waals surface area (Å²) in [5.41, 5.74) is 1.71. The molecule has 26 heavy (non-hydrogen) atoms. The van der Waals surface area contributed by atoms with Crippen molar-refractivity contribution >= 4 is 35.9 Å². The highest BCUT2D eigenvalue weighted by Crippen LogP contribution is 2.06. The molecule has 0 spiro atoms. The lowest BCUT2D eigenvalue weighted by Gasteiger charge is -2.11. The van der Waals surface area contributed by atoms with E-state index in [9.17, 15) is 4.79 Å². The fraction of sp³-hybridized carbons (Fsp3) is 0.368. The minimum absolute atomic E-state index is 0. The van der Waals surface area contributed by atoms with Gasteiger partial charge < -0.3 is 19.8 Å². The van der Waals surface area contributed by atoms with Crippen molar-refractivity contribution in [1.82, 2.24) is 10.6 Å². The molecule has 2 N–H and O–H groups in total. The molecule has 2 aromatic rings. The summed E-state index contributed by atoms with van der Waals surface area (Å²) in [7, 11) is 1.38. The predicted molar refractivity (Wildman–Crippen MR) is 113 cm³/mol. The molecule has 0 aliphatic heterocycles. The Hall–Kier alpha value is -2.03. The first-order valence-corrected chi connectivity index (χ1v) is 8.44. The minimum Gasteiger partial charge on any atom is -0.469 e. The number of rotatable bonds is 8. The highest BCUT2D eigenvalue weighted by Gasteiger charge is 2.04. The van der Waals surface area contributed by atoms with Crippen molar-refractivity contribution in [2.75, 3.05) is 26.7 Å². The van der Waals surface area contributed by atoms with Crippen LogP contribution in [-0.2, 0) is 17.6 Å². The van der Waals surface area contributed by atoms with Gasteiger partial charge in [-0.15, -0.1) is 24.0 Å². The number of esters is 1. The Morgan fingerprint density at radius 2 is 1.92 bits per heavy atom. The van der Waals surface area contributed by atoms with Crippen LogP contribution >= 0.6 is 24.0 Å². The van der Waals surface area contributed by atoms with E-state index in [-0.39, 0.29) is 29.9 Å². The number of carbonyl (C=O) groups excluding carboxylic acids is 1. The number of nitrogens with one attached hydrogen (secondary N) is 2. The maximum atomic E-state index is 11.4. The van der Waals surface area contributed by atoms with E-state index in [4.69, 9.17) is 9.15 Å². The summed E-state index contributed by atoms with van der Waals surface area (Å²) in [6.07, 6.45) is 3.29. The molecule has 1 aromatic heterocycles. The van der Waals surface area contributed by atoms with Crippen LogP contribution in [-0.4, -0.2) is 38.7 Å². The number of nitrogens with zero attached hydrogens (tertiary/aromatic N) is 1. The van der Waals surface area contributed by atoms with Crippen LogP contribution in [0.2, 0.25) is 0 Å². The van der Waals surface area contributed by atoms with Crippen LogP contribution in [0, 0.1) is 0 Å².